The SMILES string of the molecule is C[C@@H](NC(=O)COC(=O)C12C[C@@H]3C[C@@H](CC(Cl)(C3)C1)C2)c1ccccc1Cl. The lowest BCUT2D eigenvalue weighted by Crippen LogP contribution is -2.56. The van der Waals surface area contributed by atoms with E-state index in [4.69, 9.17) is 27.9 Å². The molecule has 6 heteroatoms. The number of ether oxygens (including phenoxy) is 1. The molecule has 0 heterocycles. The highest BCUT2D eigenvalue weighted by atomic mass is 35.5. The zero-order valence-electron chi connectivity index (χ0n) is 15.5. The molecule has 5 atom stereocenters. The van der Waals surface area contributed by atoms with Crippen molar-refractivity contribution in [1.82, 2.24) is 5.32 Å². The molecule has 27 heavy (non-hydrogen) atoms. The number of hydrogen-bond acceptors (Lipinski definition) is 3. The topological polar surface area (TPSA) is 55.4 Å². The Labute approximate surface area is 169 Å². The lowest BCUT2D eigenvalue weighted by molar-refractivity contribution is -0.171. The molecule has 2 unspecified atom stereocenters. The van der Waals surface area contributed by atoms with E-state index in [1.807, 2.05) is 25.1 Å². The molecule has 4 nitrogen and oxygen atoms in total. The van der Waals surface area contributed by atoms with Gasteiger partial charge in [0, 0.05) is 9.90 Å². The third-order valence-corrected chi connectivity index (χ3v) is 7.29. The van der Waals surface area contributed by atoms with Crippen LogP contribution < -0.4 is 5.32 Å². The predicted molar refractivity (Wildman–Crippen MR) is 105 cm³/mol. The largest absolute Gasteiger partial charge is 0.455 e. The number of esters is 1. The lowest BCUT2D eigenvalue weighted by atomic mass is 9.49. The Balaban J connectivity index is 1.34. The molecule has 4 saturated carbocycles. The Morgan fingerprint density at radius 2 is 1.89 bits per heavy atom. The minimum Gasteiger partial charge on any atom is -0.455 e. The van der Waals surface area contributed by atoms with E-state index in [0.29, 0.717) is 23.3 Å². The van der Waals surface area contributed by atoms with Crippen LogP contribution in [0.5, 0.6) is 0 Å². The highest BCUT2D eigenvalue weighted by molar-refractivity contribution is 6.31. The summed E-state index contributed by atoms with van der Waals surface area (Å²) in [5.74, 6) is 0.471. The number of benzene rings is 1. The minimum atomic E-state index is -0.486. The second kappa shape index (κ2) is 6.97. The molecule has 0 aliphatic heterocycles. The molecular weight excluding hydrogens is 385 g/mol. The third kappa shape index (κ3) is 3.71. The first kappa shape index (κ1) is 19.1. The van der Waals surface area contributed by atoms with Gasteiger partial charge in [0.25, 0.3) is 5.91 Å². The van der Waals surface area contributed by atoms with Gasteiger partial charge < -0.3 is 10.1 Å². The number of hydrogen-bond donors (Lipinski definition) is 1. The van der Waals surface area contributed by atoms with Crippen LogP contribution in [0.2, 0.25) is 5.02 Å². The van der Waals surface area contributed by atoms with Crippen LogP contribution in [-0.2, 0) is 14.3 Å². The van der Waals surface area contributed by atoms with Gasteiger partial charge in [-0.05, 0) is 68.9 Å². The number of alkyl halides is 1. The fraction of sp³-hybridized carbons (Fsp3) is 0.619. The number of carbonyl (C=O) groups excluding carboxylic acids is 2. The van der Waals surface area contributed by atoms with Crippen molar-refractivity contribution in [2.75, 3.05) is 6.61 Å². The van der Waals surface area contributed by atoms with E-state index in [-0.39, 0.29) is 29.4 Å². The molecule has 146 valence electrons. The molecule has 4 aliphatic rings. The van der Waals surface area contributed by atoms with E-state index in [1.54, 1.807) is 6.07 Å². The first-order valence-corrected chi connectivity index (χ1v) is 10.4. The lowest BCUT2D eigenvalue weighted by Gasteiger charge is -2.58. The van der Waals surface area contributed by atoms with Gasteiger partial charge in [-0.3, -0.25) is 9.59 Å². The maximum Gasteiger partial charge on any atom is 0.312 e. The Kier molecular flexibility index (Phi) is 4.92. The Bertz CT molecular complexity index is 752. The van der Waals surface area contributed by atoms with Crippen LogP contribution in [0.1, 0.15) is 57.1 Å². The summed E-state index contributed by atoms with van der Waals surface area (Å²) in [6, 6.07) is 7.12. The second-order valence-corrected chi connectivity index (χ2v) is 9.99. The zero-order chi connectivity index (χ0) is 19.2. The van der Waals surface area contributed by atoms with E-state index >= 15 is 0 Å². The summed E-state index contributed by atoms with van der Waals surface area (Å²) in [7, 11) is 0. The second-order valence-electron chi connectivity index (χ2n) is 8.78. The number of rotatable bonds is 5. The van der Waals surface area contributed by atoms with Crippen LogP contribution in [-0.4, -0.2) is 23.4 Å². The van der Waals surface area contributed by atoms with Crippen LogP contribution in [0.25, 0.3) is 0 Å². The summed E-state index contributed by atoms with van der Waals surface area (Å²) in [6.45, 7) is 1.59. The molecule has 1 aromatic carbocycles. The Hall–Kier alpha value is -1.26. The first-order valence-electron chi connectivity index (χ1n) is 9.69. The third-order valence-electron chi connectivity index (χ3n) is 6.51. The van der Waals surface area contributed by atoms with E-state index in [1.165, 1.54) is 6.42 Å². The van der Waals surface area contributed by atoms with Crippen LogP contribution in [0.15, 0.2) is 24.3 Å². The van der Waals surface area contributed by atoms with Gasteiger partial charge in [0.2, 0.25) is 0 Å². The summed E-state index contributed by atoms with van der Waals surface area (Å²) in [6.07, 6.45) is 5.60. The molecule has 4 aliphatic carbocycles. The van der Waals surface area contributed by atoms with Crippen molar-refractivity contribution in [1.29, 1.82) is 0 Å². The summed E-state index contributed by atoms with van der Waals surface area (Å²) < 4.78 is 5.46. The summed E-state index contributed by atoms with van der Waals surface area (Å²) >= 11 is 12.9. The van der Waals surface area contributed by atoms with Gasteiger partial charge in [-0.25, -0.2) is 0 Å². The van der Waals surface area contributed by atoms with Crippen molar-refractivity contribution in [3.05, 3.63) is 34.9 Å². The minimum absolute atomic E-state index is 0.246. The van der Waals surface area contributed by atoms with Gasteiger partial charge in [0.05, 0.1) is 11.5 Å². The first-order chi connectivity index (χ1) is 12.8. The van der Waals surface area contributed by atoms with E-state index < -0.39 is 5.41 Å². The van der Waals surface area contributed by atoms with Crippen LogP contribution in [0, 0.1) is 17.3 Å². The number of amides is 1. The molecule has 1 N–H and O–H groups in total. The normalized spacial score (nSPS) is 34.9. The predicted octanol–water partition coefficient (Wildman–Crippen LogP) is 4.64. The van der Waals surface area contributed by atoms with Crippen molar-refractivity contribution in [2.24, 2.45) is 17.3 Å². The number of nitrogens with one attached hydrogen (secondary N) is 1. The van der Waals surface area contributed by atoms with Gasteiger partial charge in [0.1, 0.15) is 0 Å². The highest BCUT2D eigenvalue weighted by Crippen LogP contribution is 2.64. The van der Waals surface area contributed by atoms with E-state index in [0.717, 1.165) is 31.2 Å². The average molecular weight is 410 g/mol. The van der Waals surface area contributed by atoms with Gasteiger partial charge in [-0.15, -0.1) is 11.6 Å². The van der Waals surface area contributed by atoms with Crippen molar-refractivity contribution < 1.29 is 14.3 Å². The fourth-order valence-electron chi connectivity index (χ4n) is 5.86. The summed E-state index contributed by atoms with van der Waals surface area (Å²) in [5, 5.41) is 3.45. The molecular formula is C21H25Cl2NO3. The quantitative estimate of drug-likeness (QED) is 0.569. The molecule has 1 amide bonds. The number of halogens is 2. The van der Waals surface area contributed by atoms with Crippen LogP contribution >= 0.6 is 23.2 Å². The van der Waals surface area contributed by atoms with Crippen LogP contribution in [0.4, 0.5) is 0 Å². The molecule has 0 radical (unpaired) electrons. The molecule has 0 spiro atoms. The van der Waals surface area contributed by atoms with Crippen molar-refractivity contribution in [3.63, 3.8) is 0 Å². The van der Waals surface area contributed by atoms with Crippen LogP contribution in [0.3, 0.4) is 0 Å². The van der Waals surface area contributed by atoms with Crippen molar-refractivity contribution >= 4 is 35.1 Å². The monoisotopic (exact) mass is 409 g/mol. The smallest absolute Gasteiger partial charge is 0.312 e. The summed E-state index contributed by atoms with van der Waals surface area (Å²) in [5.41, 5.74) is 0.351. The highest BCUT2D eigenvalue weighted by Gasteiger charge is 2.60. The van der Waals surface area contributed by atoms with Gasteiger partial charge in [0.15, 0.2) is 6.61 Å². The Morgan fingerprint density at radius 1 is 1.22 bits per heavy atom. The standard InChI is InChI=1S/C21H25Cl2NO3/c1-13(16-4-2-3-5-17(16)22)24-18(25)11-27-19(26)20-7-14-6-15(8-20)10-21(23,9-14)12-20/h2-5,13-15H,6-12H2,1H3,(H,24,25)/t13-,14-,15+,20?,21?/m1/s1. The maximum absolute atomic E-state index is 12.9. The average Bonchev–Trinajstić information content (AvgIpc) is 2.57. The Morgan fingerprint density at radius 3 is 2.52 bits per heavy atom. The van der Waals surface area contributed by atoms with Gasteiger partial charge in [-0.2, -0.15) is 0 Å². The molecule has 4 fully saturated rings. The molecule has 5 rings (SSSR count). The van der Waals surface area contributed by atoms with Crippen molar-refractivity contribution in [2.45, 2.75) is 56.4 Å². The maximum atomic E-state index is 12.9. The fourth-order valence-corrected chi connectivity index (χ4v) is 6.85. The molecule has 1 aromatic rings. The van der Waals surface area contributed by atoms with Gasteiger partial charge >= 0.3 is 5.97 Å². The van der Waals surface area contributed by atoms with E-state index in [9.17, 15) is 9.59 Å². The zero-order valence-corrected chi connectivity index (χ0v) is 17.0. The molecule has 4 bridgehead atoms. The van der Waals surface area contributed by atoms with E-state index in [2.05, 4.69) is 5.32 Å². The number of carbonyl (C=O) groups is 2. The molecule has 0 aromatic heterocycles. The van der Waals surface area contributed by atoms with Gasteiger partial charge in [-0.1, -0.05) is 29.8 Å². The molecule has 0 saturated heterocycles. The summed E-state index contributed by atoms with van der Waals surface area (Å²) in [4.78, 5) is 24.9. The van der Waals surface area contributed by atoms with Crippen molar-refractivity contribution in [3.8, 4) is 0 Å².